The molecule has 1 atom stereocenters. The summed E-state index contributed by atoms with van der Waals surface area (Å²) in [6.45, 7) is 7.95. The molecule has 4 nitrogen and oxygen atoms in total. The lowest BCUT2D eigenvalue weighted by Gasteiger charge is -2.25. The molecule has 0 saturated heterocycles. The van der Waals surface area contributed by atoms with Gasteiger partial charge in [-0.25, -0.2) is 18.2 Å². The number of carbonyl (C=O) groups is 1. The molecular weight excluding hydrogens is 367 g/mol. The highest BCUT2D eigenvalue weighted by Gasteiger charge is 2.30. The van der Waals surface area contributed by atoms with Gasteiger partial charge in [-0.3, -0.25) is 4.79 Å². The fraction of sp³-hybridized carbons (Fsp3) is 0.429. The minimum atomic E-state index is -0.650. The molecule has 2 heterocycles. The van der Waals surface area contributed by atoms with Crippen molar-refractivity contribution < 1.29 is 18.0 Å². The van der Waals surface area contributed by atoms with E-state index in [1.807, 2.05) is 32.6 Å². The van der Waals surface area contributed by atoms with Crippen LogP contribution in [0.4, 0.5) is 24.7 Å². The van der Waals surface area contributed by atoms with Crippen molar-refractivity contribution >= 4 is 17.4 Å². The Bertz CT molecular complexity index is 888. The van der Waals surface area contributed by atoms with Gasteiger partial charge in [0.15, 0.2) is 11.6 Å². The Morgan fingerprint density at radius 2 is 1.82 bits per heavy atom. The van der Waals surface area contributed by atoms with E-state index in [1.54, 1.807) is 0 Å². The number of halogens is 3. The first-order valence-electron chi connectivity index (χ1n) is 9.23. The third-order valence-electron chi connectivity index (χ3n) is 4.59. The van der Waals surface area contributed by atoms with Crippen molar-refractivity contribution in [3.05, 3.63) is 53.0 Å². The first-order valence-corrected chi connectivity index (χ1v) is 9.23. The Morgan fingerprint density at radius 1 is 1.18 bits per heavy atom. The molecule has 150 valence electrons. The molecule has 7 heteroatoms. The first-order chi connectivity index (χ1) is 13.0. The van der Waals surface area contributed by atoms with Gasteiger partial charge in [0.1, 0.15) is 11.6 Å². The molecule has 0 bridgehead atoms. The average Bonchev–Trinajstić information content (AvgIpc) is 2.80. The van der Waals surface area contributed by atoms with E-state index in [1.165, 1.54) is 18.2 Å². The van der Waals surface area contributed by atoms with Crippen molar-refractivity contribution in [3.8, 4) is 0 Å². The molecule has 3 rings (SSSR count). The summed E-state index contributed by atoms with van der Waals surface area (Å²) >= 11 is 0. The van der Waals surface area contributed by atoms with E-state index in [2.05, 4.69) is 10.3 Å². The van der Waals surface area contributed by atoms with Crippen LogP contribution in [0.2, 0.25) is 0 Å². The monoisotopic (exact) mass is 391 g/mol. The van der Waals surface area contributed by atoms with Gasteiger partial charge in [-0.15, -0.1) is 0 Å². The van der Waals surface area contributed by atoms with E-state index >= 15 is 0 Å². The number of benzene rings is 1. The van der Waals surface area contributed by atoms with Crippen molar-refractivity contribution in [1.29, 1.82) is 0 Å². The van der Waals surface area contributed by atoms with Crippen molar-refractivity contribution in [2.24, 2.45) is 5.41 Å². The molecule has 1 N–H and O–H groups in total. The van der Waals surface area contributed by atoms with E-state index in [9.17, 15) is 18.0 Å². The number of hydrogen-bond acceptors (Lipinski definition) is 3. The quantitative estimate of drug-likeness (QED) is 0.812. The van der Waals surface area contributed by atoms with Gasteiger partial charge in [0.25, 0.3) is 0 Å². The molecule has 1 aromatic carbocycles. The number of anilines is 2. The maximum absolute atomic E-state index is 14.6. The topological polar surface area (TPSA) is 45.2 Å². The highest BCUT2D eigenvalue weighted by Crippen LogP contribution is 2.35. The molecule has 1 amide bonds. The number of fused-ring (bicyclic) bond motifs is 1. The molecule has 0 aliphatic carbocycles. The van der Waals surface area contributed by atoms with Crippen LogP contribution in [-0.4, -0.2) is 16.9 Å². The van der Waals surface area contributed by atoms with Crippen LogP contribution in [0, 0.1) is 22.9 Å². The lowest BCUT2D eigenvalue weighted by Crippen LogP contribution is -2.28. The standard InChI is InChI=1S/C21H24F3N3O/c1-12-5-17-18(27(12)11-13-6-14(22)8-15(23)7-13)9-16(24)20(25-17)26-19(28)10-21(2,3)4/h6-9,12H,5,10-11H2,1-4H3,(H,25,26,28)/t12-/m1/s1. The van der Waals surface area contributed by atoms with E-state index in [0.717, 1.165) is 6.07 Å². The van der Waals surface area contributed by atoms with Gasteiger partial charge in [-0.2, -0.15) is 0 Å². The zero-order valence-corrected chi connectivity index (χ0v) is 16.4. The second-order valence-electron chi connectivity index (χ2n) is 8.53. The molecule has 1 aliphatic rings. The number of pyridine rings is 1. The normalized spacial score (nSPS) is 16.2. The van der Waals surface area contributed by atoms with E-state index in [0.29, 0.717) is 23.4 Å². The molecule has 0 saturated carbocycles. The lowest BCUT2D eigenvalue weighted by molar-refractivity contribution is -0.117. The Kier molecular flexibility index (Phi) is 5.37. The summed E-state index contributed by atoms with van der Waals surface area (Å²) in [5, 5.41) is 2.55. The third-order valence-corrected chi connectivity index (χ3v) is 4.59. The number of hydrogen-bond donors (Lipinski definition) is 1. The van der Waals surface area contributed by atoms with Crippen LogP contribution in [-0.2, 0) is 17.8 Å². The Morgan fingerprint density at radius 3 is 2.43 bits per heavy atom. The summed E-state index contributed by atoms with van der Waals surface area (Å²) in [5.74, 6) is -2.31. The minimum Gasteiger partial charge on any atom is -0.363 e. The summed E-state index contributed by atoms with van der Waals surface area (Å²) in [4.78, 5) is 18.3. The molecular formula is C21H24F3N3O. The van der Waals surface area contributed by atoms with Gasteiger partial charge in [0, 0.05) is 37.6 Å². The number of nitrogens with one attached hydrogen (secondary N) is 1. The van der Waals surface area contributed by atoms with Crippen LogP contribution in [0.15, 0.2) is 24.3 Å². The maximum Gasteiger partial charge on any atom is 0.226 e. The second kappa shape index (κ2) is 7.45. The Labute approximate surface area is 162 Å². The summed E-state index contributed by atoms with van der Waals surface area (Å²) < 4.78 is 41.5. The SMILES string of the molecule is C[C@@H]1Cc2nc(NC(=O)CC(C)(C)C)c(F)cc2N1Cc1cc(F)cc(F)c1. The molecule has 1 aliphatic heterocycles. The zero-order chi connectivity index (χ0) is 20.6. The summed E-state index contributed by atoms with van der Waals surface area (Å²) in [6, 6.07) is 4.65. The van der Waals surface area contributed by atoms with Crippen molar-refractivity contribution in [2.45, 2.75) is 53.1 Å². The van der Waals surface area contributed by atoms with Gasteiger partial charge in [0.05, 0.1) is 11.4 Å². The molecule has 0 spiro atoms. The second-order valence-corrected chi connectivity index (χ2v) is 8.53. The van der Waals surface area contributed by atoms with Crippen molar-refractivity contribution in [3.63, 3.8) is 0 Å². The lowest BCUT2D eigenvalue weighted by atomic mass is 9.92. The molecule has 1 aromatic heterocycles. The van der Waals surface area contributed by atoms with Crippen LogP contribution < -0.4 is 10.2 Å². The highest BCUT2D eigenvalue weighted by molar-refractivity contribution is 5.90. The summed E-state index contributed by atoms with van der Waals surface area (Å²) in [7, 11) is 0. The maximum atomic E-state index is 14.6. The van der Waals surface area contributed by atoms with Crippen LogP contribution in [0.25, 0.3) is 0 Å². The molecule has 28 heavy (non-hydrogen) atoms. The fourth-order valence-corrected chi connectivity index (χ4v) is 3.43. The van der Waals surface area contributed by atoms with Crippen molar-refractivity contribution in [2.75, 3.05) is 10.2 Å². The van der Waals surface area contributed by atoms with Gasteiger partial charge in [-0.05, 0) is 30.0 Å². The van der Waals surface area contributed by atoms with Crippen molar-refractivity contribution in [1.82, 2.24) is 4.98 Å². The van der Waals surface area contributed by atoms with Crippen LogP contribution in [0.1, 0.15) is 45.4 Å². The van der Waals surface area contributed by atoms with Gasteiger partial charge in [-0.1, -0.05) is 20.8 Å². The van der Waals surface area contributed by atoms with Crippen LogP contribution in [0.3, 0.4) is 0 Å². The molecule has 2 aromatic rings. The van der Waals surface area contributed by atoms with Gasteiger partial charge in [0.2, 0.25) is 5.91 Å². The van der Waals surface area contributed by atoms with Crippen LogP contribution >= 0.6 is 0 Å². The highest BCUT2D eigenvalue weighted by atomic mass is 19.1. The first kappa shape index (κ1) is 20.2. The average molecular weight is 391 g/mol. The predicted molar refractivity (Wildman–Crippen MR) is 103 cm³/mol. The van der Waals surface area contributed by atoms with E-state index < -0.39 is 17.5 Å². The van der Waals surface area contributed by atoms with Gasteiger partial charge < -0.3 is 10.2 Å². The minimum absolute atomic E-state index is 0.0197. The Balaban J connectivity index is 1.83. The molecule has 0 fully saturated rings. The fourth-order valence-electron chi connectivity index (χ4n) is 3.43. The summed E-state index contributed by atoms with van der Waals surface area (Å²) in [5.41, 5.74) is 1.46. The Hall–Kier alpha value is -2.57. The third kappa shape index (κ3) is 4.64. The number of aromatic nitrogens is 1. The number of nitrogens with zero attached hydrogens (tertiary/aromatic N) is 2. The molecule has 0 unspecified atom stereocenters. The largest absolute Gasteiger partial charge is 0.363 e. The van der Waals surface area contributed by atoms with Crippen LogP contribution in [0.5, 0.6) is 0 Å². The zero-order valence-electron chi connectivity index (χ0n) is 16.4. The van der Waals surface area contributed by atoms with E-state index in [4.69, 9.17) is 0 Å². The number of carbonyl (C=O) groups excluding carboxylic acids is 1. The molecule has 0 radical (unpaired) electrons. The number of rotatable bonds is 4. The smallest absolute Gasteiger partial charge is 0.226 e. The van der Waals surface area contributed by atoms with E-state index in [-0.39, 0.29) is 36.1 Å². The number of amides is 1. The van der Waals surface area contributed by atoms with Gasteiger partial charge >= 0.3 is 0 Å². The summed E-state index contributed by atoms with van der Waals surface area (Å²) in [6.07, 6.45) is 0.800. The predicted octanol–water partition coefficient (Wildman–Crippen LogP) is 4.82.